The lowest BCUT2D eigenvalue weighted by molar-refractivity contribution is 0.0991. The molecule has 2 rings (SSSR count). The number of ether oxygens (including phenoxy) is 2. The first-order valence-corrected chi connectivity index (χ1v) is 7.75. The van der Waals surface area contributed by atoms with Crippen LogP contribution in [0.4, 0.5) is 0 Å². The SMILES string of the molecule is N#Cc1cccc(OCCS(=O)C2CCOCC2)c1. The first-order chi connectivity index (χ1) is 9.29. The minimum absolute atomic E-state index is 0.239. The van der Waals surface area contributed by atoms with Crippen molar-refractivity contribution in [3.8, 4) is 11.8 Å². The molecule has 1 atom stereocenters. The van der Waals surface area contributed by atoms with Crippen molar-refractivity contribution in [1.82, 2.24) is 0 Å². The maximum Gasteiger partial charge on any atom is 0.120 e. The number of nitrogens with zero attached hydrogens (tertiary/aromatic N) is 1. The van der Waals surface area contributed by atoms with Crippen LogP contribution in [-0.2, 0) is 15.5 Å². The summed E-state index contributed by atoms with van der Waals surface area (Å²) in [6.07, 6.45) is 1.74. The van der Waals surface area contributed by atoms with Gasteiger partial charge in [-0.1, -0.05) is 6.07 Å². The fraction of sp³-hybridized carbons (Fsp3) is 0.500. The predicted molar refractivity (Wildman–Crippen MR) is 73.5 cm³/mol. The van der Waals surface area contributed by atoms with Gasteiger partial charge in [0.15, 0.2) is 0 Å². The molecule has 0 spiro atoms. The summed E-state index contributed by atoms with van der Waals surface area (Å²) in [6, 6.07) is 9.07. The van der Waals surface area contributed by atoms with Gasteiger partial charge in [-0.2, -0.15) is 5.26 Å². The zero-order valence-electron chi connectivity index (χ0n) is 10.7. The normalized spacial score (nSPS) is 17.6. The minimum atomic E-state index is -0.857. The van der Waals surface area contributed by atoms with Gasteiger partial charge < -0.3 is 9.47 Å². The lowest BCUT2D eigenvalue weighted by Gasteiger charge is -2.21. The highest BCUT2D eigenvalue weighted by molar-refractivity contribution is 7.85. The standard InChI is InChI=1S/C14H17NO3S/c15-11-12-2-1-3-13(10-12)18-8-9-19(16)14-4-6-17-7-5-14/h1-3,10,14H,4-9H2. The number of hydrogen-bond donors (Lipinski definition) is 0. The molecule has 102 valence electrons. The zero-order valence-corrected chi connectivity index (χ0v) is 11.5. The maximum atomic E-state index is 12.0. The lowest BCUT2D eigenvalue weighted by Crippen LogP contribution is -2.27. The molecule has 0 radical (unpaired) electrons. The summed E-state index contributed by atoms with van der Waals surface area (Å²) in [6.45, 7) is 1.84. The molecule has 0 N–H and O–H groups in total. The highest BCUT2D eigenvalue weighted by atomic mass is 32.2. The first-order valence-electron chi connectivity index (χ1n) is 6.37. The van der Waals surface area contributed by atoms with Gasteiger partial charge in [0.25, 0.3) is 0 Å². The molecule has 5 heteroatoms. The summed E-state index contributed by atoms with van der Waals surface area (Å²) in [7, 11) is -0.857. The Morgan fingerprint density at radius 3 is 2.95 bits per heavy atom. The smallest absolute Gasteiger partial charge is 0.120 e. The molecule has 4 nitrogen and oxygen atoms in total. The van der Waals surface area contributed by atoms with Gasteiger partial charge in [0, 0.05) is 29.3 Å². The highest BCUT2D eigenvalue weighted by Crippen LogP contribution is 2.15. The van der Waals surface area contributed by atoms with E-state index >= 15 is 0 Å². The third-order valence-corrected chi connectivity index (χ3v) is 4.84. The van der Waals surface area contributed by atoms with Crippen molar-refractivity contribution in [3.05, 3.63) is 29.8 Å². The van der Waals surface area contributed by atoms with Crippen LogP contribution in [0.1, 0.15) is 18.4 Å². The van der Waals surface area contributed by atoms with E-state index in [1.165, 1.54) is 0 Å². The Hall–Kier alpha value is -1.38. The number of benzene rings is 1. The minimum Gasteiger partial charge on any atom is -0.493 e. The largest absolute Gasteiger partial charge is 0.493 e. The molecule has 0 aliphatic carbocycles. The molecule has 0 bridgehead atoms. The molecule has 0 aromatic heterocycles. The molecule has 19 heavy (non-hydrogen) atoms. The second-order valence-corrected chi connectivity index (χ2v) is 6.22. The van der Waals surface area contributed by atoms with Crippen LogP contribution in [0.3, 0.4) is 0 Å². The fourth-order valence-corrected chi connectivity index (χ4v) is 3.30. The molecular formula is C14H17NO3S. The van der Waals surface area contributed by atoms with Crippen molar-refractivity contribution < 1.29 is 13.7 Å². The van der Waals surface area contributed by atoms with Gasteiger partial charge in [-0.15, -0.1) is 0 Å². The van der Waals surface area contributed by atoms with Crippen molar-refractivity contribution in [2.75, 3.05) is 25.6 Å². The van der Waals surface area contributed by atoms with Crippen LogP contribution in [0, 0.1) is 11.3 Å². The Bertz CT molecular complexity index is 478. The van der Waals surface area contributed by atoms with E-state index in [-0.39, 0.29) is 5.25 Å². The second kappa shape index (κ2) is 7.27. The average molecular weight is 279 g/mol. The molecule has 0 amide bonds. The third kappa shape index (κ3) is 4.34. The third-order valence-electron chi connectivity index (χ3n) is 3.06. The van der Waals surface area contributed by atoms with Gasteiger partial charge >= 0.3 is 0 Å². The van der Waals surface area contributed by atoms with E-state index in [4.69, 9.17) is 14.7 Å². The quantitative estimate of drug-likeness (QED) is 0.825. The molecular weight excluding hydrogens is 262 g/mol. The van der Waals surface area contributed by atoms with Crippen molar-refractivity contribution in [2.24, 2.45) is 0 Å². The lowest BCUT2D eigenvalue weighted by atomic mass is 10.2. The molecule has 1 fully saturated rings. The average Bonchev–Trinajstić information content (AvgIpc) is 2.48. The monoisotopic (exact) mass is 279 g/mol. The zero-order chi connectivity index (χ0) is 13.5. The number of nitriles is 1. The summed E-state index contributed by atoms with van der Waals surface area (Å²) in [5.41, 5.74) is 0.572. The van der Waals surface area contributed by atoms with Gasteiger partial charge in [-0.3, -0.25) is 4.21 Å². The van der Waals surface area contributed by atoms with Crippen LogP contribution in [0.5, 0.6) is 5.75 Å². The van der Waals surface area contributed by atoms with Crippen LogP contribution in [0.15, 0.2) is 24.3 Å². The van der Waals surface area contributed by atoms with Gasteiger partial charge in [0.2, 0.25) is 0 Å². The van der Waals surface area contributed by atoms with E-state index in [1.54, 1.807) is 24.3 Å². The van der Waals surface area contributed by atoms with Gasteiger partial charge in [0.1, 0.15) is 5.75 Å². The van der Waals surface area contributed by atoms with Crippen LogP contribution in [0.2, 0.25) is 0 Å². The number of rotatable bonds is 5. The summed E-state index contributed by atoms with van der Waals surface area (Å²) in [4.78, 5) is 0. The van der Waals surface area contributed by atoms with Crippen LogP contribution in [0.25, 0.3) is 0 Å². The van der Waals surface area contributed by atoms with Crippen molar-refractivity contribution >= 4 is 10.8 Å². The summed E-state index contributed by atoms with van der Waals surface area (Å²) in [5.74, 6) is 1.18. The Morgan fingerprint density at radius 2 is 2.21 bits per heavy atom. The maximum absolute atomic E-state index is 12.0. The molecule has 1 saturated heterocycles. The molecule has 1 aliphatic heterocycles. The molecule has 1 heterocycles. The van der Waals surface area contributed by atoms with Gasteiger partial charge in [0.05, 0.1) is 24.0 Å². The Balaban J connectivity index is 1.76. The first kappa shape index (κ1) is 14.0. The fourth-order valence-electron chi connectivity index (χ4n) is 2.00. The van der Waals surface area contributed by atoms with E-state index in [0.29, 0.717) is 36.9 Å². The molecule has 1 aromatic rings. The van der Waals surface area contributed by atoms with Gasteiger partial charge in [-0.05, 0) is 31.0 Å². The van der Waals surface area contributed by atoms with E-state index in [2.05, 4.69) is 6.07 Å². The van der Waals surface area contributed by atoms with Crippen LogP contribution >= 0.6 is 0 Å². The Morgan fingerprint density at radius 1 is 1.42 bits per heavy atom. The van der Waals surface area contributed by atoms with Crippen molar-refractivity contribution in [3.63, 3.8) is 0 Å². The molecule has 1 aliphatic rings. The van der Waals surface area contributed by atoms with E-state index in [9.17, 15) is 4.21 Å². The van der Waals surface area contributed by atoms with E-state index < -0.39 is 10.8 Å². The summed E-state index contributed by atoms with van der Waals surface area (Å²) < 4.78 is 22.8. The molecule has 1 aromatic carbocycles. The van der Waals surface area contributed by atoms with E-state index in [0.717, 1.165) is 12.8 Å². The van der Waals surface area contributed by atoms with Crippen LogP contribution < -0.4 is 4.74 Å². The number of hydrogen-bond acceptors (Lipinski definition) is 4. The highest BCUT2D eigenvalue weighted by Gasteiger charge is 2.19. The Kier molecular flexibility index (Phi) is 5.37. The van der Waals surface area contributed by atoms with Crippen molar-refractivity contribution in [2.45, 2.75) is 18.1 Å². The summed E-state index contributed by atoms with van der Waals surface area (Å²) >= 11 is 0. The Labute approximate surface area is 115 Å². The van der Waals surface area contributed by atoms with Crippen molar-refractivity contribution in [1.29, 1.82) is 5.26 Å². The topological polar surface area (TPSA) is 59.3 Å². The second-order valence-electron chi connectivity index (χ2n) is 4.38. The van der Waals surface area contributed by atoms with Gasteiger partial charge in [-0.25, -0.2) is 0 Å². The van der Waals surface area contributed by atoms with E-state index in [1.807, 2.05) is 0 Å². The summed E-state index contributed by atoms with van der Waals surface area (Å²) in [5, 5.41) is 9.02. The molecule has 0 saturated carbocycles. The predicted octanol–water partition coefficient (Wildman–Crippen LogP) is 1.86. The molecule has 1 unspecified atom stereocenters. The van der Waals surface area contributed by atoms with Crippen LogP contribution in [-0.4, -0.2) is 35.0 Å².